The molecule has 2 rings (SSSR count). The van der Waals surface area contributed by atoms with Gasteiger partial charge in [-0.2, -0.15) is 8.78 Å². The average Bonchev–Trinajstić information content (AvgIpc) is 3.04. The highest BCUT2D eigenvalue weighted by Gasteiger charge is 2.29. The van der Waals surface area contributed by atoms with Crippen molar-refractivity contribution in [3.63, 3.8) is 0 Å². The normalized spacial score (nSPS) is 20.3. The Hall–Kier alpha value is -2.09. The fraction of sp³-hybridized carbons (Fsp3) is 0.611. The van der Waals surface area contributed by atoms with E-state index in [1.165, 1.54) is 13.2 Å². The number of guanidine groups is 1. The quantitative estimate of drug-likeness (QED) is 0.543. The minimum absolute atomic E-state index is 0.0602. The van der Waals surface area contributed by atoms with Gasteiger partial charge in [0.2, 0.25) is 0 Å². The van der Waals surface area contributed by atoms with Crippen molar-refractivity contribution in [3.8, 4) is 11.5 Å². The summed E-state index contributed by atoms with van der Waals surface area (Å²) >= 11 is 0. The average molecular weight is 371 g/mol. The third-order valence-electron chi connectivity index (χ3n) is 4.17. The first-order chi connectivity index (χ1) is 12.5. The lowest BCUT2D eigenvalue weighted by Gasteiger charge is -2.24. The lowest BCUT2D eigenvalue weighted by atomic mass is 10.0. The molecule has 0 spiro atoms. The van der Waals surface area contributed by atoms with Crippen LogP contribution in [-0.4, -0.2) is 45.0 Å². The maximum absolute atomic E-state index is 12.7. The van der Waals surface area contributed by atoms with Crippen LogP contribution in [0.2, 0.25) is 0 Å². The molecule has 6 nitrogen and oxygen atoms in total. The fourth-order valence-corrected chi connectivity index (χ4v) is 2.75. The lowest BCUT2D eigenvalue weighted by molar-refractivity contribution is -0.0505. The van der Waals surface area contributed by atoms with E-state index >= 15 is 0 Å². The number of hydrogen-bond acceptors (Lipinski definition) is 4. The number of nitrogens with zero attached hydrogens (tertiary/aromatic N) is 1. The number of ether oxygens (including phenoxy) is 3. The SMILES string of the molecule is CCNC(=NCc1ccc(OC)cc1OC(F)F)NCC1(C)CCCO1. The van der Waals surface area contributed by atoms with Crippen LogP contribution in [0.3, 0.4) is 0 Å². The first kappa shape index (κ1) is 20.2. The number of benzene rings is 1. The molecule has 146 valence electrons. The predicted octanol–water partition coefficient (Wildman–Crippen LogP) is 2.92. The molecule has 0 saturated carbocycles. The van der Waals surface area contributed by atoms with Gasteiger partial charge in [-0.3, -0.25) is 0 Å². The fourth-order valence-electron chi connectivity index (χ4n) is 2.75. The molecule has 2 N–H and O–H groups in total. The van der Waals surface area contributed by atoms with Crippen molar-refractivity contribution in [3.05, 3.63) is 23.8 Å². The molecular formula is C18H27F2N3O3. The molecule has 26 heavy (non-hydrogen) atoms. The molecule has 8 heteroatoms. The van der Waals surface area contributed by atoms with Crippen LogP contribution in [0.5, 0.6) is 11.5 Å². The number of alkyl halides is 2. The second-order valence-corrected chi connectivity index (χ2v) is 6.30. The molecule has 1 aromatic carbocycles. The Kier molecular flexibility index (Phi) is 7.44. The highest BCUT2D eigenvalue weighted by Crippen LogP contribution is 2.27. The Labute approximate surface area is 152 Å². The minimum atomic E-state index is -2.91. The van der Waals surface area contributed by atoms with Crippen LogP contribution in [0.15, 0.2) is 23.2 Å². The molecule has 0 aliphatic carbocycles. The van der Waals surface area contributed by atoms with Crippen LogP contribution in [-0.2, 0) is 11.3 Å². The van der Waals surface area contributed by atoms with Gasteiger partial charge in [-0.1, -0.05) is 0 Å². The predicted molar refractivity (Wildman–Crippen MR) is 96.0 cm³/mol. The van der Waals surface area contributed by atoms with Gasteiger partial charge in [0.1, 0.15) is 11.5 Å². The van der Waals surface area contributed by atoms with E-state index in [0.29, 0.717) is 30.4 Å². The molecule has 1 saturated heterocycles. The molecule has 0 amide bonds. The molecule has 1 fully saturated rings. The molecule has 1 unspecified atom stereocenters. The van der Waals surface area contributed by atoms with Gasteiger partial charge >= 0.3 is 6.61 Å². The van der Waals surface area contributed by atoms with E-state index in [2.05, 4.69) is 27.3 Å². The smallest absolute Gasteiger partial charge is 0.387 e. The van der Waals surface area contributed by atoms with E-state index in [9.17, 15) is 8.78 Å². The molecule has 1 aliphatic heterocycles. The maximum Gasteiger partial charge on any atom is 0.387 e. The van der Waals surface area contributed by atoms with Gasteiger partial charge in [0.15, 0.2) is 5.96 Å². The van der Waals surface area contributed by atoms with Crippen LogP contribution in [0.25, 0.3) is 0 Å². The molecule has 1 aliphatic rings. The Morgan fingerprint density at radius 1 is 1.38 bits per heavy atom. The number of halogens is 2. The minimum Gasteiger partial charge on any atom is -0.497 e. The number of nitrogens with one attached hydrogen (secondary N) is 2. The summed E-state index contributed by atoms with van der Waals surface area (Å²) in [7, 11) is 1.47. The van der Waals surface area contributed by atoms with Crippen LogP contribution >= 0.6 is 0 Å². The summed E-state index contributed by atoms with van der Waals surface area (Å²) in [5.41, 5.74) is 0.340. The van der Waals surface area contributed by atoms with Gasteiger partial charge in [0.25, 0.3) is 0 Å². The van der Waals surface area contributed by atoms with Crippen molar-refractivity contribution in [1.29, 1.82) is 0 Å². The van der Waals surface area contributed by atoms with Gasteiger partial charge in [-0.05, 0) is 38.8 Å². The summed E-state index contributed by atoms with van der Waals surface area (Å²) in [6.45, 7) is 3.40. The summed E-state index contributed by atoms with van der Waals surface area (Å²) in [5, 5.41) is 6.40. The highest BCUT2D eigenvalue weighted by atomic mass is 19.3. The van der Waals surface area contributed by atoms with Crippen LogP contribution in [0.1, 0.15) is 32.3 Å². The second-order valence-electron chi connectivity index (χ2n) is 6.30. The number of aliphatic imine (C=N–C) groups is 1. The summed E-state index contributed by atoms with van der Waals surface area (Å²) in [5.74, 6) is 1.11. The van der Waals surface area contributed by atoms with Crippen molar-refractivity contribution in [2.75, 3.05) is 26.8 Å². The molecular weight excluding hydrogens is 344 g/mol. The monoisotopic (exact) mass is 371 g/mol. The third-order valence-corrected chi connectivity index (χ3v) is 4.17. The van der Waals surface area contributed by atoms with Crippen LogP contribution in [0, 0.1) is 0 Å². The summed E-state index contributed by atoms with van der Waals surface area (Å²) < 4.78 is 40.7. The maximum atomic E-state index is 12.7. The van der Waals surface area contributed by atoms with E-state index in [4.69, 9.17) is 9.47 Å². The summed E-state index contributed by atoms with van der Waals surface area (Å²) in [6.07, 6.45) is 2.04. The van der Waals surface area contributed by atoms with Crippen molar-refractivity contribution >= 4 is 5.96 Å². The zero-order valence-corrected chi connectivity index (χ0v) is 15.5. The molecule has 1 heterocycles. The summed E-state index contributed by atoms with van der Waals surface area (Å²) in [6, 6.07) is 4.80. The Balaban J connectivity index is 2.07. The van der Waals surface area contributed by atoms with Gasteiger partial charge < -0.3 is 24.8 Å². The van der Waals surface area contributed by atoms with Gasteiger partial charge in [0.05, 0.1) is 19.3 Å². The van der Waals surface area contributed by atoms with Crippen molar-refractivity contribution in [1.82, 2.24) is 10.6 Å². The second kappa shape index (κ2) is 9.56. The standard InChI is InChI=1S/C18H27F2N3O3/c1-4-21-17(23-12-18(2)8-5-9-25-18)22-11-13-6-7-14(24-3)10-15(13)26-16(19)20/h6-7,10,16H,4-5,8-9,11-12H2,1-3H3,(H2,21,22,23). The first-order valence-electron chi connectivity index (χ1n) is 8.73. The Bertz CT molecular complexity index is 605. The van der Waals surface area contributed by atoms with E-state index in [1.54, 1.807) is 12.1 Å². The van der Waals surface area contributed by atoms with Crippen LogP contribution < -0.4 is 20.1 Å². The molecule has 0 aromatic heterocycles. The summed E-state index contributed by atoms with van der Waals surface area (Å²) in [4.78, 5) is 4.47. The Morgan fingerprint density at radius 2 is 2.19 bits per heavy atom. The zero-order chi connectivity index (χ0) is 19.0. The topological polar surface area (TPSA) is 64.1 Å². The number of rotatable bonds is 8. The number of methoxy groups -OCH3 is 1. The molecule has 0 bridgehead atoms. The van der Waals surface area contributed by atoms with E-state index in [1.807, 2.05) is 6.92 Å². The van der Waals surface area contributed by atoms with Gasteiger partial charge in [-0.25, -0.2) is 4.99 Å². The largest absolute Gasteiger partial charge is 0.497 e. The number of hydrogen-bond donors (Lipinski definition) is 2. The van der Waals surface area contributed by atoms with E-state index < -0.39 is 6.61 Å². The molecule has 1 atom stereocenters. The van der Waals surface area contributed by atoms with Crippen molar-refractivity contribution in [2.45, 2.75) is 45.4 Å². The van der Waals surface area contributed by atoms with Crippen molar-refractivity contribution in [2.24, 2.45) is 4.99 Å². The molecule has 1 aromatic rings. The van der Waals surface area contributed by atoms with Crippen molar-refractivity contribution < 1.29 is 23.0 Å². The van der Waals surface area contributed by atoms with Gasteiger partial charge in [0, 0.05) is 31.3 Å². The molecule has 0 radical (unpaired) electrons. The Morgan fingerprint density at radius 3 is 2.81 bits per heavy atom. The third kappa shape index (κ3) is 6.01. The lowest BCUT2D eigenvalue weighted by Crippen LogP contribution is -2.45. The first-order valence-corrected chi connectivity index (χ1v) is 8.73. The van der Waals surface area contributed by atoms with Crippen LogP contribution in [0.4, 0.5) is 8.78 Å². The van der Waals surface area contributed by atoms with E-state index in [0.717, 1.165) is 19.4 Å². The van der Waals surface area contributed by atoms with Gasteiger partial charge in [-0.15, -0.1) is 0 Å². The highest BCUT2D eigenvalue weighted by molar-refractivity contribution is 5.79. The van der Waals surface area contributed by atoms with E-state index in [-0.39, 0.29) is 17.9 Å². The zero-order valence-electron chi connectivity index (χ0n) is 15.5.